The van der Waals surface area contributed by atoms with E-state index in [0.717, 1.165) is 55.6 Å². The molecule has 0 aliphatic heterocycles. The summed E-state index contributed by atoms with van der Waals surface area (Å²) in [5, 5.41) is 2.22. The fourth-order valence-corrected chi connectivity index (χ4v) is 8.29. The molecule has 262 valence electrons. The van der Waals surface area contributed by atoms with Crippen molar-refractivity contribution < 1.29 is 4.42 Å². The lowest BCUT2D eigenvalue weighted by Crippen LogP contribution is -2.09. The van der Waals surface area contributed by atoms with E-state index in [2.05, 4.69) is 164 Å². The second-order valence-corrected chi connectivity index (χ2v) is 14.3. The first-order chi connectivity index (χ1) is 27.7. The quantitative estimate of drug-likeness (QED) is 0.172. The van der Waals surface area contributed by atoms with Crippen LogP contribution in [-0.4, -0.2) is 15.0 Å². The lowest BCUT2D eigenvalue weighted by Gasteiger charge is -2.15. The second kappa shape index (κ2) is 13.2. The molecule has 10 aromatic rings. The molecule has 11 rings (SSSR count). The van der Waals surface area contributed by atoms with Gasteiger partial charge in [-0.25, -0.2) is 15.0 Å². The third-order valence-electron chi connectivity index (χ3n) is 11.0. The van der Waals surface area contributed by atoms with Crippen molar-refractivity contribution in [1.29, 1.82) is 0 Å². The monoisotopic (exact) mass is 715 g/mol. The van der Waals surface area contributed by atoms with Crippen molar-refractivity contribution in [3.63, 3.8) is 0 Å². The molecule has 0 fully saturated rings. The van der Waals surface area contributed by atoms with E-state index in [9.17, 15) is 0 Å². The van der Waals surface area contributed by atoms with E-state index >= 15 is 0 Å². The first-order valence-corrected chi connectivity index (χ1v) is 19.0. The number of fused-ring (bicyclic) bond motifs is 6. The van der Waals surface area contributed by atoms with Crippen LogP contribution < -0.4 is 0 Å². The molecule has 2 aromatic heterocycles. The molecule has 4 nitrogen and oxygen atoms in total. The SMILES string of the molecule is c1ccc(-c2ccc(-c3nc(-c4ccccc4)nc(C4c5ccccc5-c5cc(-c6cccc7c6oc6ccc(-c8ccccc8)cc67)ccc54)n3)cc2)cc1. The molecule has 0 N–H and O–H groups in total. The van der Waals surface area contributed by atoms with Crippen molar-refractivity contribution in [1.82, 2.24) is 15.0 Å². The predicted octanol–water partition coefficient (Wildman–Crippen LogP) is 13.3. The predicted molar refractivity (Wildman–Crippen MR) is 227 cm³/mol. The van der Waals surface area contributed by atoms with Crippen LogP contribution in [0.3, 0.4) is 0 Å². The Bertz CT molecular complexity index is 3060. The zero-order chi connectivity index (χ0) is 37.0. The molecular formula is C52H33N3O. The van der Waals surface area contributed by atoms with Gasteiger partial charge in [0, 0.05) is 27.5 Å². The van der Waals surface area contributed by atoms with Crippen LogP contribution in [-0.2, 0) is 0 Å². The maximum Gasteiger partial charge on any atom is 0.163 e. The normalized spacial score (nSPS) is 13.2. The maximum absolute atomic E-state index is 6.62. The number of rotatable bonds is 6. The van der Waals surface area contributed by atoms with Crippen LogP contribution in [0.4, 0.5) is 0 Å². The number of hydrogen-bond donors (Lipinski definition) is 0. The highest BCUT2D eigenvalue weighted by Crippen LogP contribution is 2.49. The first-order valence-electron chi connectivity index (χ1n) is 19.0. The van der Waals surface area contributed by atoms with E-state index in [4.69, 9.17) is 19.4 Å². The molecule has 2 heterocycles. The Labute approximate surface area is 324 Å². The van der Waals surface area contributed by atoms with Gasteiger partial charge in [0.15, 0.2) is 11.6 Å². The van der Waals surface area contributed by atoms with Crippen LogP contribution in [0.25, 0.3) is 89.2 Å². The minimum atomic E-state index is -0.165. The molecule has 1 unspecified atom stereocenters. The molecule has 1 aliphatic carbocycles. The topological polar surface area (TPSA) is 51.8 Å². The summed E-state index contributed by atoms with van der Waals surface area (Å²) in [4.78, 5) is 15.5. The summed E-state index contributed by atoms with van der Waals surface area (Å²) in [5.74, 6) is 1.88. The molecule has 0 bridgehead atoms. The van der Waals surface area contributed by atoms with Crippen LogP contribution in [0.15, 0.2) is 199 Å². The van der Waals surface area contributed by atoms with Crippen LogP contribution in [0.2, 0.25) is 0 Å². The summed E-state index contributed by atoms with van der Waals surface area (Å²) in [6.07, 6.45) is 0. The van der Waals surface area contributed by atoms with Crippen molar-refractivity contribution in [3.8, 4) is 67.3 Å². The number of aromatic nitrogens is 3. The highest BCUT2D eigenvalue weighted by Gasteiger charge is 2.33. The van der Waals surface area contributed by atoms with E-state index in [1.165, 1.54) is 38.9 Å². The fourth-order valence-electron chi connectivity index (χ4n) is 8.29. The number of benzene rings is 8. The van der Waals surface area contributed by atoms with Crippen LogP contribution in [0.1, 0.15) is 22.9 Å². The van der Waals surface area contributed by atoms with Crippen molar-refractivity contribution in [2.75, 3.05) is 0 Å². The summed E-state index contributed by atoms with van der Waals surface area (Å²) < 4.78 is 6.62. The van der Waals surface area contributed by atoms with Gasteiger partial charge in [-0.15, -0.1) is 0 Å². The van der Waals surface area contributed by atoms with Gasteiger partial charge in [0.25, 0.3) is 0 Å². The Balaban J connectivity index is 1.03. The second-order valence-electron chi connectivity index (χ2n) is 14.3. The van der Waals surface area contributed by atoms with Crippen molar-refractivity contribution in [2.45, 2.75) is 5.92 Å². The van der Waals surface area contributed by atoms with Gasteiger partial charge in [0.05, 0.1) is 5.92 Å². The third kappa shape index (κ3) is 5.42. The van der Waals surface area contributed by atoms with E-state index in [1.54, 1.807) is 0 Å². The zero-order valence-electron chi connectivity index (χ0n) is 30.3. The van der Waals surface area contributed by atoms with Gasteiger partial charge in [-0.3, -0.25) is 0 Å². The Morgan fingerprint density at radius 1 is 0.339 bits per heavy atom. The Morgan fingerprint density at radius 2 is 0.875 bits per heavy atom. The van der Waals surface area contributed by atoms with Crippen LogP contribution in [0, 0.1) is 0 Å². The number of furan rings is 1. The third-order valence-corrected chi connectivity index (χ3v) is 11.0. The summed E-state index contributed by atoms with van der Waals surface area (Å²) >= 11 is 0. The number of hydrogen-bond acceptors (Lipinski definition) is 4. The maximum atomic E-state index is 6.62. The Kier molecular flexibility index (Phi) is 7.52. The number of para-hydroxylation sites is 1. The van der Waals surface area contributed by atoms with Crippen molar-refractivity contribution in [3.05, 3.63) is 211 Å². The summed E-state index contributed by atoms with van der Waals surface area (Å²) in [6, 6.07) is 68.0. The van der Waals surface area contributed by atoms with E-state index in [1.807, 2.05) is 30.3 Å². The Hall–Kier alpha value is -7.43. The molecule has 0 spiro atoms. The lowest BCUT2D eigenvalue weighted by molar-refractivity contribution is 0.670. The van der Waals surface area contributed by atoms with Gasteiger partial charge >= 0.3 is 0 Å². The van der Waals surface area contributed by atoms with Gasteiger partial charge in [-0.1, -0.05) is 176 Å². The molecule has 56 heavy (non-hydrogen) atoms. The minimum absolute atomic E-state index is 0.165. The molecular weight excluding hydrogens is 683 g/mol. The Morgan fingerprint density at radius 3 is 1.61 bits per heavy atom. The van der Waals surface area contributed by atoms with E-state index in [0.29, 0.717) is 11.6 Å². The van der Waals surface area contributed by atoms with Crippen molar-refractivity contribution in [2.24, 2.45) is 0 Å². The summed E-state index contributed by atoms with van der Waals surface area (Å²) in [6.45, 7) is 0. The highest BCUT2D eigenvalue weighted by molar-refractivity contribution is 6.10. The average molecular weight is 716 g/mol. The molecule has 0 amide bonds. The smallest absolute Gasteiger partial charge is 0.163 e. The molecule has 0 saturated heterocycles. The van der Waals surface area contributed by atoms with Gasteiger partial charge in [0.1, 0.15) is 17.0 Å². The van der Waals surface area contributed by atoms with Gasteiger partial charge in [-0.05, 0) is 68.3 Å². The molecule has 0 saturated carbocycles. The summed E-state index contributed by atoms with van der Waals surface area (Å²) in [5.41, 5.74) is 15.3. The minimum Gasteiger partial charge on any atom is -0.455 e. The van der Waals surface area contributed by atoms with E-state index in [-0.39, 0.29) is 5.92 Å². The zero-order valence-corrected chi connectivity index (χ0v) is 30.3. The standard InChI is InChI=1S/C52H33N3O/c1-4-13-33(14-5-1)35-23-25-37(26-24-35)51-53-50(36-17-8-3-9-18-36)54-52(55-51)48-42-20-11-10-19-41(42)45-32-39(27-29-43(45)48)40-21-12-22-44-46-31-38(34-15-6-2-7-16-34)28-30-47(46)56-49(40)44/h1-32,48H. The first kappa shape index (κ1) is 32.0. The molecule has 8 aromatic carbocycles. The van der Waals surface area contributed by atoms with Gasteiger partial charge in [-0.2, -0.15) is 0 Å². The summed E-state index contributed by atoms with van der Waals surface area (Å²) in [7, 11) is 0. The van der Waals surface area contributed by atoms with E-state index < -0.39 is 0 Å². The highest BCUT2D eigenvalue weighted by atomic mass is 16.3. The number of nitrogens with zero attached hydrogens (tertiary/aromatic N) is 3. The van der Waals surface area contributed by atoms with Gasteiger partial charge in [0.2, 0.25) is 0 Å². The molecule has 1 atom stereocenters. The molecule has 1 aliphatic rings. The lowest BCUT2D eigenvalue weighted by atomic mass is 9.93. The molecule has 0 radical (unpaired) electrons. The van der Waals surface area contributed by atoms with Crippen molar-refractivity contribution >= 4 is 21.9 Å². The fraction of sp³-hybridized carbons (Fsp3) is 0.0192. The average Bonchev–Trinajstić information content (AvgIpc) is 3.82. The van der Waals surface area contributed by atoms with Crippen LogP contribution >= 0.6 is 0 Å². The molecule has 4 heteroatoms. The van der Waals surface area contributed by atoms with Gasteiger partial charge < -0.3 is 4.42 Å². The largest absolute Gasteiger partial charge is 0.455 e. The van der Waals surface area contributed by atoms with Crippen LogP contribution in [0.5, 0.6) is 0 Å².